The summed E-state index contributed by atoms with van der Waals surface area (Å²) in [6.07, 6.45) is 1.10. The molecule has 66 valence electrons. The Morgan fingerprint density at radius 1 is 1.33 bits per heavy atom. The Morgan fingerprint density at radius 2 is 2.08 bits per heavy atom. The van der Waals surface area contributed by atoms with Crippen LogP contribution in [0.2, 0.25) is 0 Å². The second-order valence-electron chi connectivity index (χ2n) is 2.63. The summed E-state index contributed by atoms with van der Waals surface area (Å²) in [6, 6.07) is 8.49. The van der Waals surface area contributed by atoms with Crippen molar-refractivity contribution in [3.8, 4) is 0 Å². The largest absolute Gasteiger partial charge is 0.384 e. The lowest BCUT2D eigenvalue weighted by Crippen LogP contribution is -2.04. The van der Waals surface area contributed by atoms with Crippen molar-refractivity contribution in [3.63, 3.8) is 0 Å². The molecular weight excluding hydrogens is 261 g/mol. The first-order valence-corrected chi connectivity index (χ1v) is 5.78. The minimum atomic E-state index is 1.05. The van der Waals surface area contributed by atoms with Gasteiger partial charge in [0.05, 0.1) is 0 Å². The SMILES string of the molecule is CCc1ccccc1NCCI. The van der Waals surface area contributed by atoms with Gasteiger partial charge in [0.1, 0.15) is 0 Å². The van der Waals surface area contributed by atoms with E-state index >= 15 is 0 Å². The first-order valence-electron chi connectivity index (χ1n) is 4.26. The third-order valence-corrected chi connectivity index (χ3v) is 2.35. The number of anilines is 1. The summed E-state index contributed by atoms with van der Waals surface area (Å²) in [5, 5.41) is 3.41. The van der Waals surface area contributed by atoms with Gasteiger partial charge in [-0.1, -0.05) is 47.7 Å². The quantitative estimate of drug-likeness (QED) is 0.657. The molecule has 0 spiro atoms. The number of rotatable bonds is 4. The third-order valence-electron chi connectivity index (χ3n) is 1.81. The normalized spacial score (nSPS) is 9.83. The average Bonchev–Trinajstić information content (AvgIpc) is 2.15. The molecule has 0 heterocycles. The Bertz CT molecular complexity index is 235. The number of hydrogen-bond donors (Lipinski definition) is 1. The van der Waals surface area contributed by atoms with Crippen molar-refractivity contribution >= 4 is 28.3 Å². The summed E-state index contributed by atoms with van der Waals surface area (Å²) in [7, 11) is 0. The molecule has 0 unspecified atom stereocenters. The molecule has 0 amide bonds. The maximum atomic E-state index is 3.41. The molecule has 0 aliphatic carbocycles. The van der Waals surface area contributed by atoms with Crippen molar-refractivity contribution in [2.24, 2.45) is 0 Å². The molecule has 0 aliphatic heterocycles. The lowest BCUT2D eigenvalue weighted by molar-refractivity contribution is 1.12. The molecule has 0 bridgehead atoms. The number of hydrogen-bond acceptors (Lipinski definition) is 1. The Hall–Kier alpha value is -0.250. The summed E-state index contributed by atoms with van der Waals surface area (Å²) in [5.41, 5.74) is 2.69. The van der Waals surface area contributed by atoms with Gasteiger partial charge in [0.2, 0.25) is 0 Å². The van der Waals surface area contributed by atoms with Gasteiger partial charge in [-0.05, 0) is 18.1 Å². The molecule has 1 N–H and O–H groups in total. The van der Waals surface area contributed by atoms with E-state index in [0.29, 0.717) is 0 Å². The summed E-state index contributed by atoms with van der Waals surface area (Å²) < 4.78 is 1.15. The van der Waals surface area contributed by atoms with Gasteiger partial charge in [-0.15, -0.1) is 0 Å². The number of aryl methyl sites for hydroxylation is 1. The lowest BCUT2D eigenvalue weighted by atomic mass is 10.1. The second kappa shape index (κ2) is 5.41. The molecule has 0 fully saturated rings. The van der Waals surface area contributed by atoms with Gasteiger partial charge < -0.3 is 5.32 Å². The minimum Gasteiger partial charge on any atom is -0.384 e. The highest BCUT2D eigenvalue weighted by Gasteiger charge is 1.96. The maximum absolute atomic E-state index is 3.41. The predicted molar refractivity (Wildman–Crippen MR) is 63.2 cm³/mol. The Kier molecular flexibility index (Phi) is 4.43. The van der Waals surface area contributed by atoms with Gasteiger partial charge in [0, 0.05) is 16.7 Å². The van der Waals surface area contributed by atoms with Gasteiger partial charge in [-0.25, -0.2) is 0 Å². The molecule has 0 saturated carbocycles. The summed E-state index contributed by atoms with van der Waals surface area (Å²) in [5.74, 6) is 0. The highest BCUT2D eigenvalue weighted by Crippen LogP contribution is 2.14. The number of para-hydroxylation sites is 1. The summed E-state index contributed by atoms with van der Waals surface area (Å²) >= 11 is 2.38. The number of nitrogens with one attached hydrogen (secondary N) is 1. The molecule has 0 saturated heterocycles. The highest BCUT2D eigenvalue weighted by atomic mass is 127. The van der Waals surface area contributed by atoms with Crippen LogP contribution in [0.3, 0.4) is 0 Å². The van der Waals surface area contributed by atoms with E-state index in [4.69, 9.17) is 0 Å². The standard InChI is InChI=1S/C10H14IN/c1-2-9-5-3-4-6-10(9)12-8-7-11/h3-6,12H,2,7-8H2,1H3. The summed E-state index contributed by atoms with van der Waals surface area (Å²) in [4.78, 5) is 0. The average molecular weight is 275 g/mol. The highest BCUT2D eigenvalue weighted by molar-refractivity contribution is 14.1. The van der Waals surface area contributed by atoms with Crippen LogP contribution in [0.15, 0.2) is 24.3 Å². The van der Waals surface area contributed by atoms with Crippen LogP contribution in [0.1, 0.15) is 12.5 Å². The van der Waals surface area contributed by atoms with E-state index in [2.05, 4.69) is 59.1 Å². The van der Waals surface area contributed by atoms with Crippen molar-refractivity contribution < 1.29 is 0 Å². The van der Waals surface area contributed by atoms with Crippen LogP contribution in [-0.4, -0.2) is 11.0 Å². The van der Waals surface area contributed by atoms with Crippen LogP contribution in [0.5, 0.6) is 0 Å². The molecule has 1 aromatic carbocycles. The molecule has 0 aromatic heterocycles. The fraction of sp³-hybridized carbons (Fsp3) is 0.400. The molecule has 12 heavy (non-hydrogen) atoms. The first kappa shape index (κ1) is 9.84. The van der Waals surface area contributed by atoms with Gasteiger partial charge in [-0.3, -0.25) is 0 Å². The van der Waals surface area contributed by atoms with E-state index in [1.54, 1.807) is 0 Å². The molecule has 2 heteroatoms. The van der Waals surface area contributed by atoms with Gasteiger partial charge in [0.15, 0.2) is 0 Å². The molecule has 1 rings (SSSR count). The van der Waals surface area contributed by atoms with Crippen molar-refractivity contribution in [2.75, 3.05) is 16.3 Å². The Morgan fingerprint density at radius 3 is 2.75 bits per heavy atom. The van der Waals surface area contributed by atoms with E-state index in [1.165, 1.54) is 11.3 Å². The van der Waals surface area contributed by atoms with E-state index in [9.17, 15) is 0 Å². The summed E-state index contributed by atoms with van der Waals surface area (Å²) in [6.45, 7) is 3.24. The predicted octanol–water partition coefficient (Wildman–Crippen LogP) is 3.10. The lowest BCUT2D eigenvalue weighted by Gasteiger charge is -2.08. The van der Waals surface area contributed by atoms with E-state index in [-0.39, 0.29) is 0 Å². The third kappa shape index (κ3) is 2.66. The minimum absolute atomic E-state index is 1.05. The van der Waals surface area contributed by atoms with Crippen LogP contribution in [0, 0.1) is 0 Å². The smallest absolute Gasteiger partial charge is 0.0372 e. The zero-order valence-corrected chi connectivity index (χ0v) is 9.47. The molecule has 0 atom stereocenters. The van der Waals surface area contributed by atoms with Crippen molar-refractivity contribution in [1.29, 1.82) is 0 Å². The van der Waals surface area contributed by atoms with E-state index in [0.717, 1.165) is 17.4 Å². The second-order valence-corrected chi connectivity index (χ2v) is 3.71. The van der Waals surface area contributed by atoms with E-state index < -0.39 is 0 Å². The molecular formula is C10H14IN. The zero-order chi connectivity index (χ0) is 8.81. The molecule has 1 nitrogen and oxygen atoms in total. The van der Waals surface area contributed by atoms with Crippen molar-refractivity contribution in [2.45, 2.75) is 13.3 Å². The number of alkyl halides is 1. The Labute approximate surface area is 87.7 Å². The van der Waals surface area contributed by atoms with Crippen LogP contribution in [0.25, 0.3) is 0 Å². The molecule has 0 aliphatic rings. The van der Waals surface area contributed by atoms with Gasteiger partial charge in [-0.2, -0.15) is 0 Å². The molecule has 0 radical (unpaired) electrons. The first-order chi connectivity index (χ1) is 5.88. The zero-order valence-electron chi connectivity index (χ0n) is 7.31. The number of benzene rings is 1. The van der Waals surface area contributed by atoms with Crippen LogP contribution in [0.4, 0.5) is 5.69 Å². The monoisotopic (exact) mass is 275 g/mol. The van der Waals surface area contributed by atoms with Crippen molar-refractivity contribution in [3.05, 3.63) is 29.8 Å². The fourth-order valence-corrected chi connectivity index (χ4v) is 1.45. The van der Waals surface area contributed by atoms with Gasteiger partial charge >= 0.3 is 0 Å². The van der Waals surface area contributed by atoms with Crippen LogP contribution >= 0.6 is 22.6 Å². The van der Waals surface area contributed by atoms with E-state index in [1.807, 2.05) is 0 Å². The van der Waals surface area contributed by atoms with Crippen LogP contribution in [-0.2, 0) is 6.42 Å². The van der Waals surface area contributed by atoms with Crippen molar-refractivity contribution in [1.82, 2.24) is 0 Å². The van der Waals surface area contributed by atoms with Crippen LogP contribution < -0.4 is 5.32 Å². The topological polar surface area (TPSA) is 12.0 Å². The van der Waals surface area contributed by atoms with Gasteiger partial charge in [0.25, 0.3) is 0 Å². The molecule has 1 aromatic rings. The Balaban J connectivity index is 2.68. The fourth-order valence-electron chi connectivity index (χ4n) is 1.18. The number of halogens is 1. The maximum Gasteiger partial charge on any atom is 0.0372 e.